The van der Waals surface area contributed by atoms with Crippen LogP contribution >= 0.6 is 0 Å². The van der Waals surface area contributed by atoms with Crippen molar-refractivity contribution in [1.82, 2.24) is 10.3 Å². The first-order valence-electron chi connectivity index (χ1n) is 7.09. The number of rotatable bonds is 4. The van der Waals surface area contributed by atoms with Gasteiger partial charge in [0.25, 0.3) is 5.91 Å². The molecule has 0 radical (unpaired) electrons. The van der Waals surface area contributed by atoms with Crippen molar-refractivity contribution in [3.8, 4) is 11.1 Å². The third-order valence-electron chi connectivity index (χ3n) is 3.51. The average molecular weight is 292 g/mol. The van der Waals surface area contributed by atoms with Gasteiger partial charge in [-0.05, 0) is 36.2 Å². The van der Waals surface area contributed by atoms with Crippen molar-refractivity contribution in [2.24, 2.45) is 0 Å². The third-order valence-corrected chi connectivity index (χ3v) is 3.51. The van der Waals surface area contributed by atoms with Crippen LogP contribution in [-0.4, -0.2) is 10.9 Å². The second-order valence-corrected chi connectivity index (χ2v) is 5.01. The Labute approximate surface area is 128 Å². The fourth-order valence-electron chi connectivity index (χ4n) is 2.33. The molecule has 3 rings (SSSR count). The SMILES string of the molecule is C[C@H](NC(=O)c1occc1-c1ccccc1)c1ccncc1. The van der Waals surface area contributed by atoms with Crippen LogP contribution in [0.5, 0.6) is 0 Å². The molecular weight excluding hydrogens is 276 g/mol. The maximum absolute atomic E-state index is 12.5. The summed E-state index contributed by atoms with van der Waals surface area (Å²) >= 11 is 0. The molecule has 4 heteroatoms. The first kappa shape index (κ1) is 14.1. The first-order chi connectivity index (χ1) is 10.8. The van der Waals surface area contributed by atoms with Gasteiger partial charge < -0.3 is 9.73 Å². The topological polar surface area (TPSA) is 55.1 Å². The highest BCUT2D eigenvalue weighted by atomic mass is 16.3. The quantitative estimate of drug-likeness (QED) is 0.795. The van der Waals surface area contributed by atoms with Crippen molar-refractivity contribution in [1.29, 1.82) is 0 Å². The number of nitrogens with one attached hydrogen (secondary N) is 1. The predicted molar refractivity (Wildman–Crippen MR) is 84.3 cm³/mol. The fraction of sp³-hybridized carbons (Fsp3) is 0.111. The molecule has 0 fully saturated rings. The van der Waals surface area contributed by atoms with Gasteiger partial charge in [-0.15, -0.1) is 0 Å². The number of hydrogen-bond donors (Lipinski definition) is 1. The number of furan rings is 1. The summed E-state index contributed by atoms with van der Waals surface area (Å²) in [6.07, 6.45) is 4.95. The van der Waals surface area contributed by atoms with Crippen LogP contribution < -0.4 is 5.32 Å². The summed E-state index contributed by atoms with van der Waals surface area (Å²) in [5, 5.41) is 2.95. The molecule has 0 bridgehead atoms. The molecule has 2 aromatic heterocycles. The van der Waals surface area contributed by atoms with E-state index in [1.54, 1.807) is 18.5 Å². The largest absolute Gasteiger partial charge is 0.459 e. The molecule has 1 aromatic carbocycles. The van der Waals surface area contributed by atoms with Crippen LogP contribution in [0, 0.1) is 0 Å². The monoisotopic (exact) mass is 292 g/mol. The molecule has 4 nitrogen and oxygen atoms in total. The normalized spacial score (nSPS) is 11.9. The van der Waals surface area contributed by atoms with Gasteiger partial charge in [-0.2, -0.15) is 0 Å². The van der Waals surface area contributed by atoms with Crippen LogP contribution in [0.4, 0.5) is 0 Å². The molecule has 0 saturated carbocycles. The maximum Gasteiger partial charge on any atom is 0.288 e. The van der Waals surface area contributed by atoms with E-state index in [9.17, 15) is 4.79 Å². The number of benzene rings is 1. The fourth-order valence-corrected chi connectivity index (χ4v) is 2.33. The molecule has 3 aromatic rings. The van der Waals surface area contributed by atoms with Gasteiger partial charge in [0, 0.05) is 18.0 Å². The second kappa shape index (κ2) is 6.26. The molecule has 0 saturated heterocycles. The van der Waals surface area contributed by atoms with Crippen molar-refractivity contribution >= 4 is 5.91 Å². The molecule has 0 unspecified atom stereocenters. The summed E-state index contributed by atoms with van der Waals surface area (Å²) in [6.45, 7) is 1.93. The highest BCUT2D eigenvalue weighted by Gasteiger charge is 2.18. The molecule has 22 heavy (non-hydrogen) atoms. The Hall–Kier alpha value is -2.88. The molecule has 0 aliphatic rings. The van der Waals surface area contributed by atoms with E-state index in [0.717, 1.165) is 16.7 Å². The predicted octanol–water partition coefficient (Wildman–Crippen LogP) is 3.83. The van der Waals surface area contributed by atoms with Gasteiger partial charge in [-0.1, -0.05) is 30.3 Å². The number of nitrogens with zero attached hydrogens (tertiary/aromatic N) is 1. The van der Waals surface area contributed by atoms with Crippen LogP contribution in [0.25, 0.3) is 11.1 Å². The van der Waals surface area contributed by atoms with Crippen LogP contribution in [0.1, 0.15) is 29.1 Å². The van der Waals surface area contributed by atoms with Crippen molar-refractivity contribution in [2.45, 2.75) is 13.0 Å². The molecule has 0 spiro atoms. The maximum atomic E-state index is 12.5. The number of carbonyl (C=O) groups is 1. The van der Waals surface area contributed by atoms with E-state index in [4.69, 9.17) is 4.42 Å². The molecule has 110 valence electrons. The van der Waals surface area contributed by atoms with E-state index in [1.807, 2.05) is 49.4 Å². The Morgan fingerprint density at radius 3 is 2.55 bits per heavy atom. The number of carbonyl (C=O) groups excluding carboxylic acids is 1. The minimum atomic E-state index is -0.229. The van der Waals surface area contributed by atoms with Gasteiger partial charge in [0.1, 0.15) is 0 Å². The molecular formula is C18H16N2O2. The second-order valence-electron chi connectivity index (χ2n) is 5.01. The van der Waals surface area contributed by atoms with Gasteiger partial charge in [-0.3, -0.25) is 9.78 Å². The standard InChI is InChI=1S/C18H16N2O2/c1-13(14-7-10-19-11-8-14)20-18(21)17-16(9-12-22-17)15-5-3-2-4-6-15/h2-13H,1H3,(H,20,21)/t13-/m0/s1. The Morgan fingerprint density at radius 2 is 1.82 bits per heavy atom. The molecule has 1 amide bonds. The van der Waals surface area contributed by atoms with Gasteiger partial charge in [0.05, 0.1) is 12.3 Å². The summed E-state index contributed by atoms with van der Waals surface area (Å²) in [5.74, 6) is 0.0975. The van der Waals surface area contributed by atoms with Crippen LogP contribution in [0.2, 0.25) is 0 Å². The zero-order valence-corrected chi connectivity index (χ0v) is 12.2. The Bertz CT molecular complexity index is 751. The number of amides is 1. The highest BCUT2D eigenvalue weighted by molar-refractivity contribution is 5.98. The lowest BCUT2D eigenvalue weighted by atomic mass is 10.1. The Kier molecular flexibility index (Phi) is 4.01. The minimum Gasteiger partial charge on any atom is -0.459 e. The molecule has 2 heterocycles. The lowest BCUT2D eigenvalue weighted by Crippen LogP contribution is -2.26. The van der Waals surface area contributed by atoms with Gasteiger partial charge in [-0.25, -0.2) is 0 Å². The van der Waals surface area contributed by atoms with Crippen LogP contribution in [0.3, 0.4) is 0 Å². The van der Waals surface area contributed by atoms with Gasteiger partial charge in [0.2, 0.25) is 0 Å². The molecule has 1 N–H and O–H groups in total. The van der Waals surface area contributed by atoms with Crippen molar-refractivity contribution in [2.75, 3.05) is 0 Å². The van der Waals surface area contributed by atoms with Crippen molar-refractivity contribution < 1.29 is 9.21 Å². The molecule has 0 aliphatic heterocycles. The lowest BCUT2D eigenvalue weighted by Gasteiger charge is -2.13. The molecule has 0 aliphatic carbocycles. The van der Waals surface area contributed by atoms with Crippen LogP contribution in [0.15, 0.2) is 71.6 Å². The van der Waals surface area contributed by atoms with E-state index in [2.05, 4.69) is 10.3 Å². The third kappa shape index (κ3) is 2.91. The van der Waals surface area contributed by atoms with E-state index < -0.39 is 0 Å². The van der Waals surface area contributed by atoms with Crippen LogP contribution in [-0.2, 0) is 0 Å². The number of hydrogen-bond acceptors (Lipinski definition) is 3. The van der Waals surface area contributed by atoms with E-state index in [1.165, 1.54) is 6.26 Å². The minimum absolute atomic E-state index is 0.121. The van der Waals surface area contributed by atoms with Gasteiger partial charge >= 0.3 is 0 Å². The summed E-state index contributed by atoms with van der Waals surface area (Å²) in [4.78, 5) is 16.4. The summed E-state index contributed by atoms with van der Waals surface area (Å²) < 4.78 is 5.39. The number of pyridine rings is 1. The summed E-state index contributed by atoms with van der Waals surface area (Å²) in [7, 11) is 0. The van der Waals surface area contributed by atoms with E-state index in [-0.39, 0.29) is 11.9 Å². The Balaban J connectivity index is 1.81. The lowest BCUT2D eigenvalue weighted by molar-refractivity contribution is 0.0913. The number of aromatic nitrogens is 1. The van der Waals surface area contributed by atoms with E-state index in [0.29, 0.717) is 5.76 Å². The van der Waals surface area contributed by atoms with Gasteiger partial charge in [0.15, 0.2) is 5.76 Å². The zero-order valence-electron chi connectivity index (χ0n) is 12.2. The summed E-state index contributed by atoms with van der Waals surface area (Å²) in [6, 6.07) is 15.2. The highest BCUT2D eigenvalue weighted by Crippen LogP contribution is 2.25. The smallest absolute Gasteiger partial charge is 0.288 e. The first-order valence-corrected chi connectivity index (χ1v) is 7.09. The molecule has 1 atom stereocenters. The van der Waals surface area contributed by atoms with Crippen molar-refractivity contribution in [3.05, 3.63) is 78.5 Å². The van der Waals surface area contributed by atoms with Crippen molar-refractivity contribution in [3.63, 3.8) is 0 Å². The zero-order chi connectivity index (χ0) is 15.4. The Morgan fingerprint density at radius 1 is 1.09 bits per heavy atom. The summed E-state index contributed by atoms with van der Waals surface area (Å²) in [5.41, 5.74) is 2.74. The van der Waals surface area contributed by atoms with E-state index >= 15 is 0 Å². The average Bonchev–Trinajstić information content (AvgIpc) is 3.06.